The number of aromatic amines is 1. The van der Waals surface area contributed by atoms with Crippen LogP contribution in [0.1, 0.15) is 28.6 Å². The Hall–Kier alpha value is -2.60. The van der Waals surface area contributed by atoms with Crippen LogP contribution in [0.4, 0.5) is 0 Å². The normalized spacial score (nSPS) is 16.0. The van der Waals surface area contributed by atoms with E-state index in [1.807, 2.05) is 45.9 Å². The first-order chi connectivity index (χ1) is 12.6. The number of H-pyrrole nitrogens is 1. The highest BCUT2D eigenvalue weighted by molar-refractivity contribution is 7.12. The number of carbonyl (C=O) groups excluding carboxylic acids is 1. The number of hydrogen-bond donors (Lipinski definition) is 1. The zero-order valence-corrected chi connectivity index (χ0v) is 15.5. The zero-order chi connectivity index (χ0) is 18.1. The second kappa shape index (κ2) is 6.96. The van der Waals surface area contributed by atoms with Crippen LogP contribution in [0.15, 0.2) is 47.3 Å². The number of para-hydroxylation sites is 2. The molecule has 0 bridgehead atoms. The lowest BCUT2D eigenvalue weighted by atomic mass is 10.0. The maximum atomic E-state index is 12.4. The first-order valence-corrected chi connectivity index (χ1v) is 9.66. The molecule has 1 N–H and O–H groups in total. The molecule has 1 saturated heterocycles. The van der Waals surface area contributed by atoms with E-state index in [4.69, 9.17) is 0 Å². The van der Waals surface area contributed by atoms with Crippen molar-refractivity contribution in [2.24, 2.45) is 0 Å². The van der Waals surface area contributed by atoms with Crippen LogP contribution in [0.5, 0.6) is 0 Å². The van der Waals surface area contributed by atoms with Gasteiger partial charge in [0.1, 0.15) is 0 Å². The molecule has 0 unspecified atom stereocenters. The lowest BCUT2D eigenvalue weighted by molar-refractivity contribution is -0.127. The van der Waals surface area contributed by atoms with Gasteiger partial charge in [0.25, 0.3) is 0 Å². The van der Waals surface area contributed by atoms with E-state index in [2.05, 4.69) is 18.0 Å². The Morgan fingerprint density at radius 1 is 1.19 bits per heavy atom. The first-order valence-electron chi connectivity index (χ1n) is 8.84. The SMILES string of the molecule is Cc1ccc(/C=C/C(=O)N2CCC(n3c(=O)[nH]c4ccccc43)CC2)s1. The predicted molar refractivity (Wildman–Crippen MR) is 105 cm³/mol. The van der Waals surface area contributed by atoms with Crippen molar-refractivity contribution in [1.29, 1.82) is 0 Å². The van der Waals surface area contributed by atoms with Gasteiger partial charge < -0.3 is 9.88 Å². The number of amides is 1. The van der Waals surface area contributed by atoms with E-state index in [0.717, 1.165) is 28.8 Å². The standard InChI is InChI=1S/C20H21N3O2S/c1-14-6-7-16(26-14)8-9-19(24)22-12-10-15(11-13-22)23-18-5-3-2-4-17(18)21-20(23)25/h2-9,15H,10-13H2,1H3,(H,21,25)/b9-8+. The summed E-state index contributed by atoms with van der Waals surface area (Å²) < 4.78 is 1.85. The summed E-state index contributed by atoms with van der Waals surface area (Å²) in [5.74, 6) is 0.0424. The highest BCUT2D eigenvalue weighted by atomic mass is 32.1. The molecule has 0 atom stereocenters. The van der Waals surface area contributed by atoms with Crippen LogP contribution in [-0.2, 0) is 4.79 Å². The van der Waals surface area contributed by atoms with Crippen LogP contribution in [-0.4, -0.2) is 33.4 Å². The van der Waals surface area contributed by atoms with Gasteiger partial charge in [-0.15, -0.1) is 11.3 Å². The Bertz CT molecular complexity index is 1020. The number of carbonyl (C=O) groups is 1. The molecular formula is C20H21N3O2S. The largest absolute Gasteiger partial charge is 0.339 e. The molecule has 0 aliphatic carbocycles. The number of thiophene rings is 1. The summed E-state index contributed by atoms with van der Waals surface area (Å²) in [6, 6.07) is 12.0. The third-order valence-corrected chi connectivity index (χ3v) is 5.88. The minimum Gasteiger partial charge on any atom is -0.339 e. The number of piperidine rings is 1. The van der Waals surface area contributed by atoms with Gasteiger partial charge in [-0.25, -0.2) is 4.79 Å². The molecule has 0 radical (unpaired) electrons. The van der Waals surface area contributed by atoms with Gasteiger partial charge >= 0.3 is 5.69 Å². The lowest BCUT2D eigenvalue weighted by Crippen LogP contribution is -2.39. The fourth-order valence-electron chi connectivity index (χ4n) is 3.58. The highest BCUT2D eigenvalue weighted by Gasteiger charge is 2.25. The van der Waals surface area contributed by atoms with E-state index in [1.54, 1.807) is 17.4 Å². The molecule has 4 rings (SSSR count). The number of aromatic nitrogens is 2. The average molecular weight is 367 g/mol. The first kappa shape index (κ1) is 16.8. The van der Waals surface area contributed by atoms with Crippen LogP contribution in [0.3, 0.4) is 0 Å². The summed E-state index contributed by atoms with van der Waals surface area (Å²) in [6.07, 6.45) is 5.12. The second-order valence-corrected chi connectivity index (χ2v) is 7.97. The molecule has 1 aliphatic rings. The molecule has 3 heterocycles. The van der Waals surface area contributed by atoms with Gasteiger partial charge in [0.15, 0.2) is 0 Å². The van der Waals surface area contributed by atoms with E-state index in [0.29, 0.717) is 13.1 Å². The quantitative estimate of drug-likeness (QED) is 0.720. The number of hydrogen-bond acceptors (Lipinski definition) is 3. The molecule has 6 heteroatoms. The van der Waals surface area contributed by atoms with Crippen molar-refractivity contribution in [2.75, 3.05) is 13.1 Å². The minimum absolute atomic E-state index is 0.0424. The monoisotopic (exact) mass is 367 g/mol. The van der Waals surface area contributed by atoms with Gasteiger partial charge in [-0.1, -0.05) is 12.1 Å². The summed E-state index contributed by atoms with van der Waals surface area (Å²) in [5, 5.41) is 0. The summed E-state index contributed by atoms with van der Waals surface area (Å²) in [6.45, 7) is 3.40. The zero-order valence-electron chi connectivity index (χ0n) is 14.6. The molecule has 134 valence electrons. The molecule has 2 aromatic heterocycles. The summed E-state index contributed by atoms with van der Waals surface area (Å²) in [7, 11) is 0. The molecule has 26 heavy (non-hydrogen) atoms. The predicted octanol–water partition coefficient (Wildman–Crippen LogP) is 3.58. The van der Waals surface area contributed by atoms with Crippen molar-refractivity contribution in [3.8, 4) is 0 Å². The van der Waals surface area contributed by atoms with E-state index >= 15 is 0 Å². The number of imidazole rings is 1. The molecule has 1 fully saturated rings. The number of fused-ring (bicyclic) bond motifs is 1. The van der Waals surface area contributed by atoms with Crippen molar-refractivity contribution >= 4 is 34.4 Å². The molecule has 1 aromatic carbocycles. The van der Waals surface area contributed by atoms with Crippen molar-refractivity contribution in [3.05, 3.63) is 62.7 Å². The number of rotatable bonds is 3. The lowest BCUT2D eigenvalue weighted by Gasteiger charge is -2.32. The second-order valence-electron chi connectivity index (χ2n) is 6.66. The Morgan fingerprint density at radius 2 is 1.96 bits per heavy atom. The fraction of sp³-hybridized carbons (Fsp3) is 0.300. The highest BCUT2D eigenvalue weighted by Crippen LogP contribution is 2.25. The van der Waals surface area contributed by atoms with Gasteiger partial charge in [0, 0.05) is 35.0 Å². The van der Waals surface area contributed by atoms with Gasteiger partial charge in [-0.3, -0.25) is 9.36 Å². The molecular weight excluding hydrogens is 346 g/mol. The van der Waals surface area contributed by atoms with E-state index in [-0.39, 0.29) is 17.6 Å². The minimum atomic E-state index is -0.0658. The molecule has 0 saturated carbocycles. The van der Waals surface area contributed by atoms with Crippen molar-refractivity contribution in [3.63, 3.8) is 0 Å². The van der Waals surface area contributed by atoms with Gasteiger partial charge in [-0.05, 0) is 50.1 Å². The number of likely N-dealkylation sites (tertiary alicyclic amines) is 1. The van der Waals surface area contributed by atoms with Crippen LogP contribution in [0.2, 0.25) is 0 Å². The Kier molecular flexibility index (Phi) is 4.51. The van der Waals surface area contributed by atoms with Crippen molar-refractivity contribution < 1.29 is 4.79 Å². The Morgan fingerprint density at radius 3 is 2.69 bits per heavy atom. The molecule has 5 nitrogen and oxygen atoms in total. The number of nitrogens with zero attached hydrogens (tertiary/aromatic N) is 2. The summed E-state index contributed by atoms with van der Waals surface area (Å²) in [5.41, 5.74) is 1.74. The van der Waals surface area contributed by atoms with Crippen LogP contribution >= 0.6 is 11.3 Å². The number of aryl methyl sites for hydroxylation is 1. The Balaban J connectivity index is 1.43. The van der Waals surface area contributed by atoms with Gasteiger partial charge in [-0.2, -0.15) is 0 Å². The van der Waals surface area contributed by atoms with E-state index in [9.17, 15) is 9.59 Å². The summed E-state index contributed by atoms with van der Waals surface area (Å²) in [4.78, 5) is 31.9. The number of benzene rings is 1. The fourth-order valence-corrected chi connectivity index (χ4v) is 4.36. The van der Waals surface area contributed by atoms with Gasteiger partial charge in [0.05, 0.1) is 11.0 Å². The Labute approximate surface area is 155 Å². The maximum Gasteiger partial charge on any atom is 0.326 e. The van der Waals surface area contributed by atoms with Crippen LogP contribution in [0.25, 0.3) is 17.1 Å². The van der Waals surface area contributed by atoms with Crippen molar-refractivity contribution in [1.82, 2.24) is 14.5 Å². The maximum absolute atomic E-state index is 12.4. The van der Waals surface area contributed by atoms with Crippen LogP contribution < -0.4 is 5.69 Å². The van der Waals surface area contributed by atoms with E-state index in [1.165, 1.54) is 4.88 Å². The molecule has 0 spiro atoms. The third kappa shape index (κ3) is 3.24. The molecule has 1 aliphatic heterocycles. The van der Waals surface area contributed by atoms with Gasteiger partial charge in [0.2, 0.25) is 5.91 Å². The van der Waals surface area contributed by atoms with E-state index < -0.39 is 0 Å². The summed E-state index contributed by atoms with van der Waals surface area (Å²) >= 11 is 1.68. The topological polar surface area (TPSA) is 58.1 Å². The third-order valence-electron chi connectivity index (χ3n) is 4.92. The average Bonchev–Trinajstić information content (AvgIpc) is 3.22. The van der Waals surface area contributed by atoms with Crippen molar-refractivity contribution in [2.45, 2.75) is 25.8 Å². The molecule has 3 aromatic rings. The smallest absolute Gasteiger partial charge is 0.326 e. The van der Waals surface area contributed by atoms with Crippen LogP contribution in [0, 0.1) is 6.92 Å². The molecule has 1 amide bonds. The number of nitrogens with one attached hydrogen (secondary N) is 1.